The molecule has 0 aliphatic carbocycles. The van der Waals surface area contributed by atoms with Gasteiger partial charge in [-0.2, -0.15) is 0 Å². The molecule has 4 amide bonds. The first-order chi connectivity index (χ1) is 13.8. The molecule has 3 aliphatic heterocycles. The number of primary amides is 1. The standard InChI is InChI=1S/C18H18N4O7/c19-17(27)29-7-11-10-5-6-21(18(28)20-8-1-3-9(23)4-2-8)14-12(10)22(15(14)24)13(11)16(25)26/h1-4,10,12,14,23H,5-7H2,(H2,19,27)(H,20,28)(H,25,26)/t10?,12-,14+/m1/s1. The first-order valence-electron chi connectivity index (χ1n) is 8.88. The second-order valence-electron chi connectivity index (χ2n) is 7.00. The second-order valence-corrected chi connectivity index (χ2v) is 7.00. The minimum Gasteiger partial charge on any atom is -0.508 e. The molecule has 5 N–H and O–H groups in total. The number of nitrogens with two attached hydrogens (primary N) is 1. The molecule has 0 bridgehead atoms. The fourth-order valence-corrected chi connectivity index (χ4v) is 4.30. The van der Waals surface area contributed by atoms with Crippen molar-refractivity contribution in [2.45, 2.75) is 18.5 Å². The molecule has 2 fully saturated rings. The van der Waals surface area contributed by atoms with E-state index in [-0.39, 0.29) is 30.5 Å². The van der Waals surface area contributed by atoms with Crippen molar-refractivity contribution in [2.75, 3.05) is 18.5 Å². The number of carboxylic acids is 1. The number of carbonyl (C=O) groups is 4. The highest BCUT2D eigenvalue weighted by Gasteiger charge is 2.64. The molecule has 29 heavy (non-hydrogen) atoms. The van der Waals surface area contributed by atoms with Crippen LogP contribution in [-0.4, -0.2) is 69.2 Å². The Morgan fingerprint density at radius 3 is 2.55 bits per heavy atom. The topological polar surface area (TPSA) is 162 Å². The number of likely N-dealkylation sites (tertiary alicyclic amines) is 1. The number of ether oxygens (including phenoxy) is 1. The Morgan fingerprint density at radius 1 is 1.24 bits per heavy atom. The third-order valence-electron chi connectivity index (χ3n) is 5.49. The second kappa shape index (κ2) is 6.69. The van der Waals surface area contributed by atoms with E-state index in [0.717, 1.165) is 4.90 Å². The molecule has 1 aromatic rings. The fourth-order valence-electron chi connectivity index (χ4n) is 4.30. The number of phenolic OH excluding ortho intramolecular Hbond substituents is 1. The summed E-state index contributed by atoms with van der Waals surface area (Å²) in [6.45, 7) is -0.0867. The molecule has 0 saturated carbocycles. The van der Waals surface area contributed by atoms with Gasteiger partial charge in [0.15, 0.2) is 0 Å². The van der Waals surface area contributed by atoms with Crippen molar-refractivity contribution < 1.29 is 34.1 Å². The number of hydrogen-bond donors (Lipinski definition) is 4. The number of aromatic hydroxyl groups is 1. The molecule has 3 atom stereocenters. The van der Waals surface area contributed by atoms with Gasteiger partial charge in [0.05, 0.1) is 6.04 Å². The Balaban J connectivity index is 1.55. The molecule has 152 valence electrons. The van der Waals surface area contributed by atoms with E-state index < -0.39 is 36.1 Å². The molecule has 4 rings (SSSR count). The zero-order valence-corrected chi connectivity index (χ0v) is 15.1. The molecule has 0 spiro atoms. The average Bonchev–Trinajstić information content (AvgIpc) is 3.00. The molecule has 11 heteroatoms. The smallest absolute Gasteiger partial charge is 0.404 e. The number of piperidine rings is 1. The lowest BCUT2D eigenvalue weighted by molar-refractivity contribution is -0.160. The monoisotopic (exact) mass is 402 g/mol. The summed E-state index contributed by atoms with van der Waals surface area (Å²) in [7, 11) is 0. The van der Waals surface area contributed by atoms with E-state index in [1.54, 1.807) is 0 Å². The van der Waals surface area contributed by atoms with Gasteiger partial charge >= 0.3 is 18.1 Å². The van der Waals surface area contributed by atoms with Crippen molar-refractivity contribution in [1.29, 1.82) is 0 Å². The van der Waals surface area contributed by atoms with Gasteiger partial charge in [-0.3, -0.25) is 9.69 Å². The highest BCUT2D eigenvalue weighted by molar-refractivity contribution is 6.04. The van der Waals surface area contributed by atoms with E-state index in [0.29, 0.717) is 17.7 Å². The molecule has 3 aliphatic rings. The third kappa shape index (κ3) is 2.91. The maximum absolute atomic E-state index is 12.7. The van der Waals surface area contributed by atoms with Crippen LogP contribution in [0.5, 0.6) is 5.75 Å². The highest BCUT2D eigenvalue weighted by Crippen LogP contribution is 2.49. The van der Waals surface area contributed by atoms with Crippen LogP contribution >= 0.6 is 0 Å². The number of benzene rings is 1. The summed E-state index contributed by atoms with van der Waals surface area (Å²) in [6.07, 6.45) is -0.632. The van der Waals surface area contributed by atoms with Crippen molar-refractivity contribution in [3.8, 4) is 5.75 Å². The lowest BCUT2D eigenvalue weighted by Crippen LogP contribution is -2.74. The molecular weight excluding hydrogens is 384 g/mol. The van der Waals surface area contributed by atoms with E-state index in [2.05, 4.69) is 5.32 Å². The Kier molecular flexibility index (Phi) is 4.29. The Bertz CT molecular complexity index is 942. The van der Waals surface area contributed by atoms with Crippen LogP contribution in [-0.2, 0) is 14.3 Å². The average molecular weight is 402 g/mol. The van der Waals surface area contributed by atoms with Crippen LogP contribution in [0.4, 0.5) is 15.3 Å². The zero-order chi connectivity index (χ0) is 20.9. The first-order valence-corrected chi connectivity index (χ1v) is 8.88. The summed E-state index contributed by atoms with van der Waals surface area (Å²) >= 11 is 0. The maximum Gasteiger partial charge on any atom is 0.404 e. The van der Waals surface area contributed by atoms with Crippen molar-refractivity contribution >= 4 is 29.7 Å². The molecule has 0 aromatic heterocycles. The van der Waals surface area contributed by atoms with Gasteiger partial charge in [0.25, 0.3) is 5.91 Å². The SMILES string of the molecule is NC(=O)OCC1=C(C(=O)O)N2C(=O)[C@@H]3[C@H]2C1CCN3C(=O)Nc1ccc(O)cc1. The van der Waals surface area contributed by atoms with Crippen molar-refractivity contribution in [1.82, 2.24) is 9.80 Å². The van der Waals surface area contributed by atoms with Crippen LogP contribution in [0.1, 0.15) is 6.42 Å². The number of anilines is 1. The predicted octanol–water partition coefficient (Wildman–Crippen LogP) is 0.273. The molecule has 2 saturated heterocycles. The third-order valence-corrected chi connectivity index (χ3v) is 5.49. The summed E-state index contributed by atoms with van der Waals surface area (Å²) < 4.78 is 4.79. The van der Waals surface area contributed by atoms with Crippen molar-refractivity contribution in [3.05, 3.63) is 35.5 Å². The van der Waals surface area contributed by atoms with Crippen LogP contribution in [0.15, 0.2) is 35.5 Å². The molecule has 1 unspecified atom stereocenters. The summed E-state index contributed by atoms with van der Waals surface area (Å²) in [4.78, 5) is 50.6. The van der Waals surface area contributed by atoms with Gasteiger partial charge in [-0.15, -0.1) is 0 Å². The minimum absolute atomic E-state index is 0.0533. The molecule has 0 radical (unpaired) electrons. The number of urea groups is 1. The number of nitrogens with zero attached hydrogens (tertiary/aromatic N) is 2. The first kappa shape index (κ1) is 18.6. The normalized spacial score (nSPS) is 24.7. The number of aliphatic carboxylic acids is 1. The Labute approximate surface area is 164 Å². The summed E-state index contributed by atoms with van der Waals surface area (Å²) in [5, 5.41) is 21.6. The largest absolute Gasteiger partial charge is 0.508 e. The van der Waals surface area contributed by atoms with Crippen molar-refractivity contribution in [3.63, 3.8) is 0 Å². The van der Waals surface area contributed by atoms with Gasteiger partial charge in [0, 0.05) is 23.7 Å². The highest BCUT2D eigenvalue weighted by atomic mass is 16.5. The number of rotatable bonds is 4. The minimum atomic E-state index is -1.30. The number of phenols is 1. The summed E-state index contributed by atoms with van der Waals surface area (Å²) in [6, 6.07) is 4.07. The number of amides is 4. The number of β-lactam (4-membered cyclic amide) rings is 1. The van der Waals surface area contributed by atoms with E-state index in [4.69, 9.17) is 10.5 Å². The van der Waals surface area contributed by atoms with Crippen LogP contribution in [0, 0.1) is 5.92 Å². The zero-order valence-electron chi connectivity index (χ0n) is 15.1. The predicted molar refractivity (Wildman–Crippen MR) is 96.6 cm³/mol. The fraction of sp³-hybridized carbons (Fsp3) is 0.333. The quantitative estimate of drug-likeness (QED) is 0.415. The number of carboxylic acid groups (broad SMARTS) is 1. The van der Waals surface area contributed by atoms with Crippen LogP contribution in [0.2, 0.25) is 0 Å². The summed E-state index contributed by atoms with van der Waals surface area (Å²) in [5.74, 6) is -2.07. The van der Waals surface area contributed by atoms with Crippen LogP contribution in [0.25, 0.3) is 0 Å². The molecule has 3 heterocycles. The number of hydrogen-bond acceptors (Lipinski definition) is 6. The summed E-state index contributed by atoms with van der Waals surface area (Å²) in [5.41, 5.74) is 5.56. The van der Waals surface area contributed by atoms with Crippen LogP contribution < -0.4 is 11.1 Å². The maximum atomic E-state index is 12.7. The van der Waals surface area contributed by atoms with E-state index in [1.165, 1.54) is 29.2 Å². The van der Waals surface area contributed by atoms with Gasteiger partial charge in [0.2, 0.25) is 0 Å². The van der Waals surface area contributed by atoms with Gasteiger partial charge in [-0.1, -0.05) is 0 Å². The van der Waals surface area contributed by atoms with E-state index in [9.17, 15) is 29.4 Å². The lowest BCUT2D eigenvalue weighted by atomic mass is 9.78. The molecule has 1 aromatic carbocycles. The Morgan fingerprint density at radius 2 is 1.93 bits per heavy atom. The van der Waals surface area contributed by atoms with Crippen molar-refractivity contribution in [2.24, 2.45) is 11.7 Å². The van der Waals surface area contributed by atoms with Gasteiger partial charge in [-0.25, -0.2) is 14.4 Å². The number of carbonyl (C=O) groups excluding carboxylic acids is 3. The van der Waals surface area contributed by atoms with Crippen LogP contribution in [0.3, 0.4) is 0 Å². The van der Waals surface area contributed by atoms with Gasteiger partial charge in [-0.05, 0) is 30.7 Å². The lowest BCUT2D eigenvalue weighted by Gasteiger charge is -2.53. The molecule has 11 nitrogen and oxygen atoms in total. The Hall–Kier alpha value is -3.76. The molecular formula is C18H18N4O7. The van der Waals surface area contributed by atoms with E-state index >= 15 is 0 Å². The number of nitrogens with one attached hydrogen (secondary N) is 1. The van der Waals surface area contributed by atoms with E-state index in [1.807, 2.05) is 0 Å². The van der Waals surface area contributed by atoms with Gasteiger partial charge < -0.3 is 30.9 Å². The van der Waals surface area contributed by atoms with Gasteiger partial charge in [0.1, 0.15) is 24.1 Å².